The van der Waals surface area contributed by atoms with E-state index in [1.165, 1.54) is 6.07 Å². The van der Waals surface area contributed by atoms with Crippen molar-refractivity contribution in [1.82, 2.24) is 0 Å². The van der Waals surface area contributed by atoms with Crippen LogP contribution in [-0.2, 0) is 0 Å². The number of rotatable bonds is 1. The topological polar surface area (TPSA) is 43.1 Å². The first-order valence-corrected chi connectivity index (χ1v) is 4.68. The third-order valence-corrected chi connectivity index (χ3v) is 2.44. The van der Waals surface area contributed by atoms with Crippen LogP contribution in [0, 0.1) is 19.5 Å². The van der Waals surface area contributed by atoms with Crippen LogP contribution in [0.25, 0.3) is 0 Å². The Bertz CT molecular complexity index is 321. The Hall–Kier alpha value is -0.240. The first kappa shape index (κ1) is 9.85. The van der Waals surface area contributed by atoms with Crippen LogP contribution in [0.4, 0.5) is 10.1 Å². The van der Waals surface area contributed by atoms with E-state index in [1.807, 2.05) is 0 Å². The molecule has 0 aliphatic carbocycles. The van der Waals surface area contributed by atoms with Gasteiger partial charge in [0.05, 0.1) is 8.49 Å². The van der Waals surface area contributed by atoms with Gasteiger partial charge in [-0.15, -0.1) is 0 Å². The van der Waals surface area contributed by atoms with Crippen LogP contribution >= 0.6 is 38.5 Å². The fourth-order valence-electron chi connectivity index (χ4n) is 0.709. The van der Waals surface area contributed by atoms with Crippen LogP contribution in [0.1, 0.15) is 0 Å². The maximum atomic E-state index is 12.9. The van der Waals surface area contributed by atoms with E-state index < -0.39 is 16.4 Å². The molecule has 0 spiro atoms. The van der Waals surface area contributed by atoms with Crippen LogP contribution in [0.3, 0.4) is 0 Å². The third kappa shape index (κ3) is 1.92. The molecule has 1 rings (SSSR count). The molecule has 0 aromatic heterocycles. The molecule has 0 N–H and O–H groups in total. The maximum absolute atomic E-state index is 12.9. The van der Waals surface area contributed by atoms with E-state index in [1.54, 1.807) is 22.6 Å². The number of halogens is 3. The lowest BCUT2D eigenvalue weighted by Crippen LogP contribution is -1.95. The Balaban J connectivity index is 3.38. The SMILES string of the molecule is O=[N+]([O-])c1c(F)cc(Br)cc1I. The van der Waals surface area contributed by atoms with E-state index in [-0.39, 0.29) is 3.57 Å². The van der Waals surface area contributed by atoms with E-state index in [0.717, 1.165) is 6.07 Å². The van der Waals surface area contributed by atoms with Gasteiger partial charge in [0.2, 0.25) is 5.82 Å². The molecule has 0 heterocycles. The van der Waals surface area contributed by atoms with Gasteiger partial charge in [-0.25, -0.2) is 0 Å². The van der Waals surface area contributed by atoms with Gasteiger partial charge in [-0.3, -0.25) is 10.1 Å². The summed E-state index contributed by atoms with van der Waals surface area (Å²) in [5.74, 6) is -0.821. The number of nitrogens with zero attached hydrogens (tertiary/aromatic N) is 1. The van der Waals surface area contributed by atoms with Crippen molar-refractivity contribution >= 4 is 44.2 Å². The predicted octanol–water partition coefficient (Wildman–Crippen LogP) is 3.10. The Morgan fingerprint density at radius 1 is 1.58 bits per heavy atom. The standard InChI is InChI=1S/C6H2BrFINO2/c7-3-1-4(8)6(10(11)12)5(9)2-3/h1-2H. The lowest BCUT2D eigenvalue weighted by atomic mass is 10.3. The Kier molecular flexibility index (Phi) is 2.99. The lowest BCUT2D eigenvalue weighted by molar-refractivity contribution is -0.388. The molecule has 0 aliphatic heterocycles. The second-order valence-corrected chi connectivity index (χ2v) is 4.05. The van der Waals surface area contributed by atoms with Gasteiger partial charge in [0, 0.05) is 4.47 Å². The van der Waals surface area contributed by atoms with Gasteiger partial charge < -0.3 is 0 Å². The van der Waals surface area contributed by atoms with Crippen LogP contribution in [0.5, 0.6) is 0 Å². The Labute approximate surface area is 89.4 Å². The summed E-state index contributed by atoms with van der Waals surface area (Å²) in [6.07, 6.45) is 0. The predicted molar refractivity (Wildman–Crippen MR) is 53.5 cm³/mol. The van der Waals surface area contributed by atoms with Gasteiger partial charge in [-0.2, -0.15) is 4.39 Å². The van der Waals surface area contributed by atoms with Crippen molar-refractivity contribution in [2.75, 3.05) is 0 Å². The molecule has 0 aliphatic rings. The third-order valence-electron chi connectivity index (χ3n) is 1.16. The first-order chi connectivity index (χ1) is 5.52. The summed E-state index contributed by atoms with van der Waals surface area (Å²) in [4.78, 5) is 9.57. The minimum atomic E-state index is -0.821. The van der Waals surface area contributed by atoms with E-state index >= 15 is 0 Å². The van der Waals surface area contributed by atoms with Crippen LogP contribution in [0.15, 0.2) is 16.6 Å². The van der Waals surface area contributed by atoms with E-state index in [2.05, 4.69) is 15.9 Å². The summed E-state index contributed by atoms with van der Waals surface area (Å²) < 4.78 is 13.7. The van der Waals surface area contributed by atoms with Gasteiger partial charge in [-0.05, 0) is 34.7 Å². The van der Waals surface area contributed by atoms with Crippen molar-refractivity contribution in [3.05, 3.63) is 36.1 Å². The summed E-state index contributed by atoms with van der Waals surface area (Å²) >= 11 is 4.74. The molecule has 0 atom stereocenters. The minimum Gasteiger partial charge on any atom is -0.258 e. The highest BCUT2D eigenvalue weighted by atomic mass is 127. The van der Waals surface area contributed by atoms with E-state index in [4.69, 9.17) is 0 Å². The lowest BCUT2D eigenvalue weighted by Gasteiger charge is -1.97. The molecule has 3 nitrogen and oxygen atoms in total. The Morgan fingerprint density at radius 3 is 2.58 bits per heavy atom. The van der Waals surface area contributed by atoms with Gasteiger partial charge in [0.1, 0.15) is 0 Å². The number of nitro benzene ring substituents is 1. The molecule has 64 valence electrons. The molecular weight excluding hydrogens is 344 g/mol. The van der Waals surface area contributed by atoms with Crippen molar-refractivity contribution in [3.8, 4) is 0 Å². The molecule has 1 aromatic rings. The van der Waals surface area contributed by atoms with Crippen molar-refractivity contribution < 1.29 is 9.31 Å². The van der Waals surface area contributed by atoms with Crippen molar-refractivity contribution in [2.45, 2.75) is 0 Å². The van der Waals surface area contributed by atoms with Crippen LogP contribution in [0.2, 0.25) is 0 Å². The molecule has 0 unspecified atom stereocenters. The van der Waals surface area contributed by atoms with Gasteiger partial charge in [-0.1, -0.05) is 15.9 Å². The molecule has 0 bridgehead atoms. The highest BCUT2D eigenvalue weighted by Crippen LogP contribution is 2.27. The van der Waals surface area contributed by atoms with Crippen molar-refractivity contribution in [2.24, 2.45) is 0 Å². The zero-order valence-corrected chi connectivity index (χ0v) is 9.30. The van der Waals surface area contributed by atoms with Gasteiger partial charge in [0.25, 0.3) is 0 Å². The molecular formula is C6H2BrFINO2. The summed E-state index contributed by atoms with van der Waals surface area (Å²) in [6.45, 7) is 0. The quantitative estimate of drug-likeness (QED) is 0.446. The largest absolute Gasteiger partial charge is 0.318 e. The van der Waals surface area contributed by atoms with Gasteiger partial charge >= 0.3 is 5.69 Å². The molecule has 0 radical (unpaired) electrons. The normalized spacial score (nSPS) is 9.92. The molecule has 1 aromatic carbocycles. The van der Waals surface area contributed by atoms with E-state index in [0.29, 0.717) is 4.47 Å². The number of benzene rings is 1. The summed E-state index contributed by atoms with van der Waals surface area (Å²) in [5, 5.41) is 10.3. The maximum Gasteiger partial charge on any atom is 0.318 e. The fourth-order valence-corrected chi connectivity index (χ4v) is 2.36. The van der Waals surface area contributed by atoms with Gasteiger partial charge in [0.15, 0.2) is 0 Å². The number of hydrogen-bond donors (Lipinski definition) is 0. The van der Waals surface area contributed by atoms with Crippen LogP contribution < -0.4 is 0 Å². The molecule has 12 heavy (non-hydrogen) atoms. The molecule has 0 amide bonds. The summed E-state index contributed by atoms with van der Waals surface area (Å²) in [6, 6.07) is 2.56. The Morgan fingerprint density at radius 2 is 2.17 bits per heavy atom. The average Bonchev–Trinajstić information content (AvgIpc) is 1.82. The van der Waals surface area contributed by atoms with E-state index in [9.17, 15) is 14.5 Å². The molecule has 0 fully saturated rings. The zero-order valence-electron chi connectivity index (χ0n) is 5.55. The molecule has 6 heteroatoms. The van der Waals surface area contributed by atoms with Crippen LogP contribution in [-0.4, -0.2) is 4.92 Å². The van der Waals surface area contributed by atoms with Crippen molar-refractivity contribution in [3.63, 3.8) is 0 Å². The molecule has 0 saturated carbocycles. The summed E-state index contributed by atoms with van der Waals surface area (Å²) in [7, 11) is 0. The highest BCUT2D eigenvalue weighted by molar-refractivity contribution is 14.1. The number of nitro groups is 1. The smallest absolute Gasteiger partial charge is 0.258 e. The minimum absolute atomic E-state index is 0.282. The van der Waals surface area contributed by atoms with Crippen molar-refractivity contribution in [1.29, 1.82) is 0 Å². The second-order valence-electron chi connectivity index (χ2n) is 1.98. The zero-order chi connectivity index (χ0) is 9.30. The fraction of sp³-hybridized carbons (Fsp3) is 0. The highest BCUT2D eigenvalue weighted by Gasteiger charge is 2.18. The summed E-state index contributed by atoms with van der Waals surface area (Å²) in [5.41, 5.74) is -0.473. The second kappa shape index (κ2) is 3.65. The average molecular weight is 346 g/mol. The monoisotopic (exact) mass is 345 g/mol. The molecule has 0 saturated heterocycles. The number of hydrogen-bond acceptors (Lipinski definition) is 2. The first-order valence-electron chi connectivity index (χ1n) is 2.81.